The molecular weight excluding hydrogens is 244 g/mol. The third-order valence-electron chi connectivity index (χ3n) is 3.49. The second-order valence-electron chi connectivity index (χ2n) is 4.92. The molecular formula is C15H16O4. The van der Waals surface area contributed by atoms with Crippen LogP contribution in [0.5, 0.6) is 5.75 Å². The van der Waals surface area contributed by atoms with Gasteiger partial charge in [0.05, 0.1) is 0 Å². The monoisotopic (exact) mass is 260 g/mol. The molecule has 1 N–H and O–H groups in total. The first kappa shape index (κ1) is 13.3. The van der Waals surface area contributed by atoms with E-state index in [1.54, 1.807) is 13.0 Å². The van der Waals surface area contributed by atoms with Crippen LogP contribution in [0.1, 0.15) is 34.0 Å². The summed E-state index contributed by atoms with van der Waals surface area (Å²) in [6.07, 6.45) is -0.564. The summed E-state index contributed by atoms with van der Waals surface area (Å²) in [7, 11) is 0. The number of hydrogen-bond acceptors (Lipinski definition) is 3. The minimum atomic E-state index is -0.985. The highest BCUT2D eigenvalue weighted by molar-refractivity contribution is 6.09. The zero-order valence-corrected chi connectivity index (χ0v) is 11.2. The van der Waals surface area contributed by atoms with Crippen molar-refractivity contribution >= 4 is 11.8 Å². The molecule has 1 aliphatic rings. The van der Waals surface area contributed by atoms with Gasteiger partial charge >= 0.3 is 5.97 Å². The van der Waals surface area contributed by atoms with Gasteiger partial charge < -0.3 is 9.84 Å². The highest BCUT2D eigenvalue weighted by Gasteiger charge is 2.32. The van der Waals surface area contributed by atoms with Crippen molar-refractivity contribution in [2.24, 2.45) is 0 Å². The maximum atomic E-state index is 12.1. The second kappa shape index (κ2) is 4.53. The van der Waals surface area contributed by atoms with E-state index in [9.17, 15) is 9.59 Å². The van der Waals surface area contributed by atoms with Crippen LogP contribution in [0.2, 0.25) is 0 Å². The number of carbonyl (C=O) groups excluding carboxylic acids is 1. The fourth-order valence-electron chi connectivity index (χ4n) is 2.26. The number of benzene rings is 1. The Balaban J connectivity index is 2.52. The standard InChI is InChI=1S/C15H16O4/c1-7(2)13(16)11-5-10-6-12(15(17)18)19-14(10)9(4)8(11)3/h5,12H,1,6H2,2-4H3,(H,17,18). The Hall–Kier alpha value is -2.10. The average molecular weight is 260 g/mol. The van der Waals surface area contributed by atoms with Crippen LogP contribution in [0.3, 0.4) is 0 Å². The largest absolute Gasteiger partial charge is 0.478 e. The Bertz CT molecular complexity index is 599. The zero-order valence-electron chi connectivity index (χ0n) is 11.2. The summed E-state index contributed by atoms with van der Waals surface area (Å²) in [6.45, 7) is 9.01. The van der Waals surface area contributed by atoms with Crippen molar-refractivity contribution in [1.82, 2.24) is 0 Å². The van der Waals surface area contributed by atoms with E-state index in [4.69, 9.17) is 9.84 Å². The van der Waals surface area contributed by atoms with Gasteiger partial charge in [0.1, 0.15) is 5.75 Å². The number of allylic oxidation sites excluding steroid dienone is 1. The summed E-state index contributed by atoms with van der Waals surface area (Å²) in [5, 5.41) is 9.01. The molecule has 0 aromatic heterocycles. The summed E-state index contributed by atoms with van der Waals surface area (Å²) in [4.78, 5) is 23.1. The molecule has 4 nitrogen and oxygen atoms in total. The number of ether oxygens (including phenoxy) is 1. The molecule has 0 fully saturated rings. The maximum absolute atomic E-state index is 12.1. The van der Waals surface area contributed by atoms with Gasteiger partial charge in [-0.25, -0.2) is 4.79 Å². The molecule has 0 saturated heterocycles. The Labute approximate surface area is 111 Å². The van der Waals surface area contributed by atoms with E-state index in [0.717, 1.165) is 16.7 Å². The molecule has 0 radical (unpaired) electrons. The minimum Gasteiger partial charge on any atom is -0.478 e. The number of carboxylic acids is 1. The number of fused-ring (bicyclic) bond motifs is 1. The molecule has 1 aliphatic heterocycles. The summed E-state index contributed by atoms with van der Waals surface area (Å²) in [5.74, 6) is -0.494. The molecule has 100 valence electrons. The lowest BCUT2D eigenvalue weighted by molar-refractivity contribution is -0.144. The number of hydrogen-bond donors (Lipinski definition) is 1. The highest BCUT2D eigenvalue weighted by atomic mass is 16.5. The van der Waals surface area contributed by atoms with Crippen LogP contribution >= 0.6 is 0 Å². The smallest absolute Gasteiger partial charge is 0.345 e. The van der Waals surface area contributed by atoms with Crippen molar-refractivity contribution in [2.75, 3.05) is 0 Å². The van der Waals surface area contributed by atoms with Gasteiger partial charge in [0.25, 0.3) is 0 Å². The lowest BCUT2D eigenvalue weighted by Crippen LogP contribution is -2.24. The first-order valence-electron chi connectivity index (χ1n) is 6.05. The van der Waals surface area contributed by atoms with Gasteiger partial charge in [-0.15, -0.1) is 0 Å². The molecule has 1 aromatic carbocycles. The van der Waals surface area contributed by atoms with Gasteiger partial charge in [0.2, 0.25) is 0 Å². The SMILES string of the molecule is C=C(C)C(=O)c1cc2c(c(C)c1C)OC(C(=O)O)C2. The van der Waals surface area contributed by atoms with E-state index in [0.29, 0.717) is 23.3 Å². The molecule has 1 aromatic rings. The lowest BCUT2D eigenvalue weighted by Gasteiger charge is -2.12. The van der Waals surface area contributed by atoms with Crippen molar-refractivity contribution in [1.29, 1.82) is 0 Å². The van der Waals surface area contributed by atoms with Crippen molar-refractivity contribution in [2.45, 2.75) is 33.3 Å². The number of ketones is 1. The molecule has 0 amide bonds. The van der Waals surface area contributed by atoms with Gasteiger partial charge in [-0.2, -0.15) is 0 Å². The van der Waals surface area contributed by atoms with E-state index in [1.165, 1.54) is 0 Å². The van der Waals surface area contributed by atoms with E-state index in [2.05, 4.69) is 6.58 Å². The third kappa shape index (κ3) is 2.14. The predicted molar refractivity (Wildman–Crippen MR) is 70.8 cm³/mol. The number of rotatable bonds is 3. The van der Waals surface area contributed by atoms with Gasteiger partial charge in [0, 0.05) is 12.0 Å². The molecule has 4 heteroatoms. The average Bonchev–Trinajstić information content (AvgIpc) is 2.77. The van der Waals surface area contributed by atoms with Crippen molar-refractivity contribution in [3.05, 3.63) is 40.5 Å². The number of carbonyl (C=O) groups is 2. The first-order chi connectivity index (χ1) is 8.82. The quantitative estimate of drug-likeness (QED) is 0.669. The summed E-state index contributed by atoms with van der Waals surface area (Å²) in [5.41, 5.74) is 3.47. The normalized spacial score (nSPS) is 16.7. The molecule has 0 saturated carbocycles. The zero-order chi connectivity index (χ0) is 14.3. The predicted octanol–water partition coefficient (Wildman–Crippen LogP) is 2.45. The van der Waals surface area contributed by atoms with E-state index < -0.39 is 12.1 Å². The second-order valence-corrected chi connectivity index (χ2v) is 4.92. The number of carboxylic acid groups (broad SMARTS) is 1. The van der Waals surface area contributed by atoms with Crippen LogP contribution in [0, 0.1) is 13.8 Å². The van der Waals surface area contributed by atoms with E-state index in [1.807, 2.05) is 13.8 Å². The lowest BCUT2D eigenvalue weighted by atomic mass is 9.93. The van der Waals surface area contributed by atoms with Gasteiger partial charge in [-0.05, 0) is 49.1 Å². The fourth-order valence-corrected chi connectivity index (χ4v) is 2.26. The summed E-state index contributed by atoms with van der Waals surface area (Å²) < 4.78 is 5.44. The van der Waals surface area contributed by atoms with Gasteiger partial charge in [-0.3, -0.25) is 4.79 Å². The molecule has 0 spiro atoms. The molecule has 2 rings (SSSR count). The van der Waals surface area contributed by atoms with Crippen LogP contribution in [0.15, 0.2) is 18.2 Å². The minimum absolute atomic E-state index is 0.109. The molecule has 1 heterocycles. The fraction of sp³-hybridized carbons (Fsp3) is 0.333. The van der Waals surface area contributed by atoms with Crippen LogP contribution in [-0.4, -0.2) is 23.0 Å². The highest BCUT2D eigenvalue weighted by Crippen LogP contribution is 2.36. The Morgan fingerprint density at radius 3 is 2.53 bits per heavy atom. The topological polar surface area (TPSA) is 63.6 Å². The maximum Gasteiger partial charge on any atom is 0.345 e. The molecule has 1 atom stereocenters. The first-order valence-corrected chi connectivity index (χ1v) is 6.05. The van der Waals surface area contributed by atoms with Crippen LogP contribution in [0.4, 0.5) is 0 Å². The molecule has 0 aliphatic carbocycles. The molecule has 1 unspecified atom stereocenters. The molecule has 19 heavy (non-hydrogen) atoms. The van der Waals surface area contributed by atoms with Crippen LogP contribution in [-0.2, 0) is 11.2 Å². The Kier molecular flexibility index (Phi) is 3.18. The van der Waals surface area contributed by atoms with Gasteiger partial charge in [-0.1, -0.05) is 6.58 Å². The van der Waals surface area contributed by atoms with E-state index >= 15 is 0 Å². The molecule has 0 bridgehead atoms. The van der Waals surface area contributed by atoms with Crippen molar-refractivity contribution in [3.8, 4) is 5.75 Å². The van der Waals surface area contributed by atoms with E-state index in [-0.39, 0.29) is 5.78 Å². The van der Waals surface area contributed by atoms with Crippen LogP contribution in [0.25, 0.3) is 0 Å². The van der Waals surface area contributed by atoms with Crippen molar-refractivity contribution in [3.63, 3.8) is 0 Å². The van der Waals surface area contributed by atoms with Gasteiger partial charge in [0.15, 0.2) is 11.9 Å². The Morgan fingerprint density at radius 1 is 1.37 bits per heavy atom. The van der Waals surface area contributed by atoms with Crippen molar-refractivity contribution < 1.29 is 19.4 Å². The van der Waals surface area contributed by atoms with Crippen LogP contribution < -0.4 is 4.74 Å². The summed E-state index contributed by atoms with van der Waals surface area (Å²) in [6, 6.07) is 1.73. The number of Topliss-reactive ketones (excluding diaryl/α,β-unsaturated/α-hetero) is 1. The Morgan fingerprint density at radius 2 is 2.00 bits per heavy atom. The number of aliphatic carboxylic acids is 1. The summed E-state index contributed by atoms with van der Waals surface area (Å²) >= 11 is 0. The third-order valence-corrected chi connectivity index (χ3v) is 3.49.